The molecular formula is C21H16F2N2O2S. The van der Waals surface area contributed by atoms with Crippen LogP contribution in [-0.2, 0) is 4.79 Å². The van der Waals surface area contributed by atoms with E-state index < -0.39 is 17.6 Å². The van der Waals surface area contributed by atoms with Crippen molar-refractivity contribution >= 4 is 33.8 Å². The molecule has 1 aromatic heterocycles. The quantitative estimate of drug-likeness (QED) is 0.648. The van der Waals surface area contributed by atoms with E-state index in [0.717, 1.165) is 17.4 Å². The molecule has 7 heteroatoms. The maximum atomic E-state index is 14.4. The third-order valence-electron chi connectivity index (χ3n) is 4.78. The van der Waals surface area contributed by atoms with Gasteiger partial charge in [-0.3, -0.25) is 9.59 Å². The Balaban J connectivity index is 1.76. The number of para-hydroxylation sites is 1. The van der Waals surface area contributed by atoms with E-state index in [-0.39, 0.29) is 23.8 Å². The number of halogens is 2. The molecule has 3 aromatic rings. The van der Waals surface area contributed by atoms with Crippen LogP contribution < -0.4 is 10.6 Å². The van der Waals surface area contributed by atoms with Gasteiger partial charge in [0.2, 0.25) is 5.91 Å². The number of hydrogen-bond donors (Lipinski definition) is 2. The normalized spacial score (nSPS) is 15.7. The zero-order valence-electron chi connectivity index (χ0n) is 14.9. The van der Waals surface area contributed by atoms with Gasteiger partial charge in [0.1, 0.15) is 0 Å². The summed E-state index contributed by atoms with van der Waals surface area (Å²) in [5.41, 5.74) is 2.08. The Labute approximate surface area is 164 Å². The molecule has 1 aliphatic rings. The van der Waals surface area contributed by atoms with Gasteiger partial charge in [0, 0.05) is 18.0 Å². The topological polar surface area (TPSA) is 58.2 Å². The van der Waals surface area contributed by atoms with Gasteiger partial charge in [-0.15, -0.1) is 11.3 Å². The predicted octanol–water partition coefficient (Wildman–Crippen LogP) is 5.06. The fourth-order valence-electron chi connectivity index (χ4n) is 3.48. The van der Waals surface area contributed by atoms with Crippen molar-refractivity contribution in [3.63, 3.8) is 0 Å². The Hall–Kier alpha value is -3.06. The Kier molecular flexibility index (Phi) is 4.68. The van der Waals surface area contributed by atoms with E-state index in [9.17, 15) is 18.4 Å². The van der Waals surface area contributed by atoms with Gasteiger partial charge in [-0.25, -0.2) is 8.78 Å². The summed E-state index contributed by atoms with van der Waals surface area (Å²) >= 11 is 1.14. The zero-order chi connectivity index (χ0) is 19.8. The number of amides is 2. The molecule has 2 aromatic carbocycles. The number of fused-ring (bicyclic) bond motifs is 1. The molecule has 1 aliphatic heterocycles. The van der Waals surface area contributed by atoms with Crippen molar-refractivity contribution < 1.29 is 18.4 Å². The summed E-state index contributed by atoms with van der Waals surface area (Å²) in [6, 6.07) is 13.0. The second kappa shape index (κ2) is 7.16. The van der Waals surface area contributed by atoms with E-state index in [1.165, 1.54) is 12.1 Å². The first-order valence-electron chi connectivity index (χ1n) is 8.69. The Morgan fingerprint density at radius 2 is 1.89 bits per heavy atom. The second-order valence-corrected chi connectivity index (χ2v) is 7.59. The summed E-state index contributed by atoms with van der Waals surface area (Å²) in [4.78, 5) is 25.3. The minimum absolute atomic E-state index is 0.00924. The lowest BCUT2D eigenvalue weighted by Crippen LogP contribution is -2.23. The average Bonchev–Trinajstić information content (AvgIpc) is 3.01. The number of benzene rings is 2. The molecule has 2 heterocycles. The zero-order valence-corrected chi connectivity index (χ0v) is 15.7. The van der Waals surface area contributed by atoms with Gasteiger partial charge in [0.05, 0.1) is 9.88 Å². The van der Waals surface area contributed by atoms with Crippen LogP contribution in [0, 0.1) is 18.6 Å². The standard InChI is InChI=1S/C21H16F2N2O2S/c1-11-17-14(13-8-5-9-15(22)18(13)23)10-16(26)25-21(17)28-19(11)20(27)24-12-6-3-2-4-7-12/h2-9,14H,10H2,1H3,(H,24,27)(H,25,26). The summed E-state index contributed by atoms with van der Waals surface area (Å²) in [6.45, 7) is 1.76. The summed E-state index contributed by atoms with van der Waals surface area (Å²) in [7, 11) is 0. The molecule has 0 saturated heterocycles. The first-order valence-corrected chi connectivity index (χ1v) is 9.50. The number of hydrogen-bond acceptors (Lipinski definition) is 3. The number of nitrogens with one attached hydrogen (secondary N) is 2. The van der Waals surface area contributed by atoms with Crippen molar-refractivity contribution in [1.82, 2.24) is 0 Å². The molecule has 1 atom stereocenters. The van der Waals surface area contributed by atoms with Crippen LogP contribution in [0.2, 0.25) is 0 Å². The molecule has 142 valence electrons. The lowest BCUT2D eigenvalue weighted by Gasteiger charge is -2.24. The Morgan fingerprint density at radius 1 is 1.14 bits per heavy atom. The highest BCUT2D eigenvalue weighted by molar-refractivity contribution is 7.18. The van der Waals surface area contributed by atoms with Crippen molar-refractivity contribution in [3.8, 4) is 0 Å². The SMILES string of the molecule is Cc1c(C(=O)Nc2ccccc2)sc2c1C(c1cccc(F)c1F)CC(=O)N2. The first-order chi connectivity index (χ1) is 13.5. The minimum Gasteiger partial charge on any atom is -0.321 e. The molecule has 2 N–H and O–H groups in total. The Bertz CT molecular complexity index is 1080. The van der Waals surface area contributed by atoms with Crippen LogP contribution in [0.1, 0.15) is 38.7 Å². The van der Waals surface area contributed by atoms with Crippen LogP contribution in [0.5, 0.6) is 0 Å². The van der Waals surface area contributed by atoms with Gasteiger partial charge in [-0.1, -0.05) is 30.3 Å². The second-order valence-electron chi connectivity index (χ2n) is 6.57. The molecule has 2 amide bonds. The number of carbonyl (C=O) groups excluding carboxylic acids is 2. The summed E-state index contributed by atoms with van der Waals surface area (Å²) < 4.78 is 28.2. The molecular weight excluding hydrogens is 382 g/mol. The molecule has 0 aliphatic carbocycles. The molecule has 0 fully saturated rings. The van der Waals surface area contributed by atoms with Gasteiger partial charge in [-0.2, -0.15) is 0 Å². The van der Waals surface area contributed by atoms with Gasteiger partial charge >= 0.3 is 0 Å². The van der Waals surface area contributed by atoms with Crippen molar-refractivity contribution in [1.29, 1.82) is 0 Å². The van der Waals surface area contributed by atoms with Crippen LogP contribution >= 0.6 is 11.3 Å². The van der Waals surface area contributed by atoms with Crippen molar-refractivity contribution in [2.24, 2.45) is 0 Å². The molecule has 0 saturated carbocycles. The van der Waals surface area contributed by atoms with Crippen LogP contribution in [0.15, 0.2) is 48.5 Å². The number of anilines is 2. The summed E-state index contributed by atoms with van der Waals surface area (Å²) in [5, 5.41) is 6.08. The highest BCUT2D eigenvalue weighted by atomic mass is 32.1. The number of thiophene rings is 1. The fourth-order valence-corrected chi connectivity index (χ4v) is 4.67. The van der Waals surface area contributed by atoms with Gasteiger partial charge in [0.25, 0.3) is 5.91 Å². The van der Waals surface area contributed by atoms with E-state index in [1.54, 1.807) is 19.1 Å². The van der Waals surface area contributed by atoms with Crippen LogP contribution in [0.25, 0.3) is 0 Å². The monoisotopic (exact) mass is 398 g/mol. The van der Waals surface area contributed by atoms with E-state index in [2.05, 4.69) is 10.6 Å². The van der Waals surface area contributed by atoms with Crippen molar-refractivity contribution in [2.75, 3.05) is 10.6 Å². The molecule has 4 nitrogen and oxygen atoms in total. The van der Waals surface area contributed by atoms with Gasteiger partial charge in [-0.05, 0) is 41.8 Å². The largest absolute Gasteiger partial charge is 0.321 e. The maximum Gasteiger partial charge on any atom is 0.266 e. The number of rotatable bonds is 3. The highest BCUT2D eigenvalue weighted by Crippen LogP contribution is 2.46. The molecule has 28 heavy (non-hydrogen) atoms. The molecule has 4 rings (SSSR count). The summed E-state index contributed by atoms with van der Waals surface area (Å²) in [5.74, 6) is -3.17. The van der Waals surface area contributed by atoms with E-state index in [0.29, 0.717) is 26.7 Å². The Morgan fingerprint density at radius 3 is 2.64 bits per heavy atom. The molecule has 0 radical (unpaired) electrons. The summed E-state index contributed by atoms with van der Waals surface area (Å²) in [6.07, 6.45) is -0.00924. The third-order valence-corrected chi connectivity index (χ3v) is 6.00. The van der Waals surface area contributed by atoms with Crippen LogP contribution in [0.4, 0.5) is 19.5 Å². The first kappa shape index (κ1) is 18.3. The molecule has 1 unspecified atom stereocenters. The minimum atomic E-state index is -0.964. The predicted molar refractivity (Wildman–Crippen MR) is 105 cm³/mol. The van der Waals surface area contributed by atoms with Gasteiger partial charge < -0.3 is 10.6 Å². The number of carbonyl (C=O) groups is 2. The molecule has 0 bridgehead atoms. The van der Waals surface area contributed by atoms with E-state index in [4.69, 9.17) is 0 Å². The van der Waals surface area contributed by atoms with Crippen LogP contribution in [-0.4, -0.2) is 11.8 Å². The highest BCUT2D eigenvalue weighted by Gasteiger charge is 2.34. The maximum absolute atomic E-state index is 14.4. The third kappa shape index (κ3) is 3.18. The lowest BCUT2D eigenvalue weighted by molar-refractivity contribution is -0.116. The lowest BCUT2D eigenvalue weighted by atomic mass is 9.84. The van der Waals surface area contributed by atoms with E-state index >= 15 is 0 Å². The van der Waals surface area contributed by atoms with Gasteiger partial charge in [0.15, 0.2) is 11.6 Å². The van der Waals surface area contributed by atoms with Crippen molar-refractivity contribution in [3.05, 3.63) is 81.7 Å². The fraction of sp³-hybridized carbons (Fsp3) is 0.143. The molecule has 0 spiro atoms. The average molecular weight is 398 g/mol. The smallest absolute Gasteiger partial charge is 0.266 e. The van der Waals surface area contributed by atoms with Crippen molar-refractivity contribution in [2.45, 2.75) is 19.3 Å². The van der Waals surface area contributed by atoms with E-state index in [1.807, 2.05) is 18.2 Å². The van der Waals surface area contributed by atoms with Crippen LogP contribution in [0.3, 0.4) is 0 Å².